The second-order valence-corrected chi connectivity index (χ2v) is 5.14. The predicted octanol–water partition coefficient (Wildman–Crippen LogP) is 2.31. The number of nitrogens with one attached hydrogen (secondary N) is 2. The summed E-state index contributed by atoms with van der Waals surface area (Å²) in [4.78, 5) is 12.1. The Balaban J connectivity index is 1.91. The van der Waals surface area contributed by atoms with Crippen LogP contribution in [0.1, 0.15) is 43.4 Å². The van der Waals surface area contributed by atoms with E-state index in [1.54, 1.807) is 0 Å². The molecule has 1 aliphatic heterocycles. The van der Waals surface area contributed by atoms with Crippen LogP contribution in [0.25, 0.3) is 0 Å². The third kappa shape index (κ3) is 3.33. The summed E-state index contributed by atoms with van der Waals surface area (Å²) in [6.45, 7) is 5.06. The molecule has 1 fully saturated rings. The van der Waals surface area contributed by atoms with Crippen LogP contribution in [0.5, 0.6) is 0 Å². The van der Waals surface area contributed by atoms with Gasteiger partial charge >= 0.3 is 0 Å². The van der Waals surface area contributed by atoms with E-state index < -0.39 is 0 Å². The molecule has 2 atom stereocenters. The van der Waals surface area contributed by atoms with Crippen LogP contribution in [-0.2, 0) is 4.79 Å². The van der Waals surface area contributed by atoms with Crippen molar-refractivity contribution in [2.45, 2.75) is 45.2 Å². The molecular formula is C15H22N2O. The van der Waals surface area contributed by atoms with E-state index in [1.807, 2.05) is 6.92 Å². The van der Waals surface area contributed by atoms with Crippen molar-refractivity contribution in [1.29, 1.82) is 0 Å². The normalized spacial score (nSPS) is 21.3. The van der Waals surface area contributed by atoms with E-state index in [2.05, 4.69) is 41.8 Å². The van der Waals surface area contributed by atoms with Gasteiger partial charge in [0.1, 0.15) is 0 Å². The van der Waals surface area contributed by atoms with Crippen LogP contribution in [0.15, 0.2) is 24.3 Å². The zero-order chi connectivity index (χ0) is 13.0. The quantitative estimate of drug-likeness (QED) is 0.859. The van der Waals surface area contributed by atoms with Gasteiger partial charge in [0.15, 0.2) is 0 Å². The lowest BCUT2D eigenvalue weighted by atomic mass is 10.0. The molecule has 18 heavy (non-hydrogen) atoms. The molecule has 0 spiro atoms. The number of carbonyl (C=O) groups is 1. The maximum Gasteiger partial charge on any atom is 0.237 e. The Kier molecular flexibility index (Phi) is 4.37. The molecule has 0 aliphatic carbocycles. The van der Waals surface area contributed by atoms with Gasteiger partial charge in [-0.25, -0.2) is 0 Å². The fourth-order valence-corrected chi connectivity index (χ4v) is 2.33. The van der Waals surface area contributed by atoms with Crippen LogP contribution in [0.2, 0.25) is 0 Å². The zero-order valence-electron chi connectivity index (χ0n) is 11.2. The lowest BCUT2D eigenvalue weighted by Gasteiger charge is -2.24. The molecule has 3 heteroatoms. The Morgan fingerprint density at radius 3 is 2.67 bits per heavy atom. The third-order valence-electron chi connectivity index (χ3n) is 3.56. The largest absolute Gasteiger partial charge is 0.348 e. The second kappa shape index (κ2) is 6.01. The van der Waals surface area contributed by atoms with Gasteiger partial charge in [-0.1, -0.05) is 36.2 Å². The van der Waals surface area contributed by atoms with Crippen molar-refractivity contribution in [1.82, 2.24) is 10.6 Å². The van der Waals surface area contributed by atoms with Crippen molar-refractivity contribution >= 4 is 5.91 Å². The Morgan fingerprint density at radius 2 is 2.06 bits per heavy atom. The smallest absolute Gasteiger partial charge is 0.237 e. The average Bonchev–Trinajstić information content (AvgIpc) is 2.40. The van der Waals surface area contributed by atoms with E-state index in [1.165, 1.54) is 12.0 Å². The van der Waals surface area contributed by atoms with Gasteiger partial charge < -0.3 is 10.6 Å². The third-order valence-corrected chi connectivity index (χ3v) is 3.56. The number of hydrogen-bond donors (Lipinski definition) is 2. The van der Waals surface area contributed by atoms with E-state index >= 15 is 0 Å². The summed E-state index contributed by atoms with van der Waals surface area (Å²) in [5, 5.41) is 6.36. The van der Waals surface area contributed by atoms with Crippen molar-refractivity contribution in [2.75, 3.05) is 6.54 Å². The van der Waals surface area contributed by atoms with E-state index in [4.69, 9.17) is 0 Å². The van der Waals surface area contributed by atoms with Gasteiger partial charge in [0.25, 0.3) is 0 Å². The number of piperidine rings is 1. The fourth-order valence-electron chi connectivity index (χ4n) is 2.33. The van der Waals surface area contributed by atoms with Crippen LogP contribution in [-0.4, -0.2) is 18.5 Å². The van der Waals surface area contributed by atoms with Crippen molar-refractivity contribution in [3.8, 4) is 0 Å². The second-order valence-electron chi connectivity index (χ2n) is 5.14. The minimum Gasteiger partial charge on any atom is -0.348 e. The molecule has 1 saturated heterocycles. The Bertz CT molecular complexity index is 393. The lowest BCUT2D eigenvalue weighted by Crippen LogP contribution is -2.47. The number of aryl methyl sites for hydroxylation is 1. The molecule has 3 nitrogen and oxygen atoms in total. The molecule has 2 N–H and O–H groups in total. The van der Waals surface area contributed by atoms with E-state index in [-0.39, 0.29) is 18.0 Å². The van der Waals surface area contributed by atoms with Crippen LogP contribution in [0.4, 0.5) is 0 Å². The summed E-state index contributed by atoms with van der Waals surface area (Å²) in [6, 6.07) is 8.38. The number of amides is 1. The summed E-state index contributed by atoms with van der Waals surface area (Å²) < 4.78 is 0. The Hall–Kier alpha value is -1.35. The minimum atomic E-state index is -0.00773. The van der Waals surface area contributed by atoms with Crippen molar-refractivity contribution in [2.24, 2.45) is 0 Å². The summed E-state index contributed by atoms with van der Waals surface area (Å²) in [7, 11) is 0. The monoisotopic (exact) mass is 246 g/mol. The van der Waals surface area contributed by atoms with Crippen LogP contribution < -0.4 is 10.6 Å². The highest BCUT2D eigenvalue weighted by Crippen LogP contribution is 2.14. The molecule has 0 aromatic heterocycles. The van der Waals surface area contributed by atoms with Crippen LogP contribution in [0, 0.1) is 6.92 Å². The van der Waals surface area contributed by atoms with Gasteiger partial charge in [-0.15, -0.1) is 0 Å². The fraction of sp³-hybridized carbons (Fsp3) is 0.533. The molecule has 0 saturated carbocycles. The number of benzene rings is 1. The van der Waals surface area contributed by atoms with Gasteiger partial charge in [0, 0.05) is 0 Å². The standard InChI is InChI=1S/C15H22N2O/c1-11-6-8-13(9-7-11)12(2)17-15(18)14-5-3-4-10-16-14/h6-9,12,14,16H,3-5,10H2,1-2H3,(H,17,18)/t12?,14-/m0/s1. The predicted molar refractivity (Wildman–Crippen MR) is 73.4 cm³/mol. The molecule has 0 bridgehead atoms. The topological polar surface area (TPSA) is 41.1 Å². The van der Waals surface area contributed by atoms with Gasteiger partial charge in [0.05, 0.1) is 12.1 Å². The molecule has 1 aromatic carbocycles. The molecule has 98 valence electrons. The Labute approximate surface area is 109 Å². The highest BCUT2D eigenvalue weighted by Gasteiger charge is 2.21. The van der Waals surface area contributed by atoms with Crippen LogP contribution in [0.3, 0.4) is 0 Å². The summed E-state index contributed by atoms with van der Waals surface area (Å²) in [5.41, 5.74) is 2.40. The molecule has 2 rings (SSSR count). The summed E-state index contributed by atoms with van der Waals surface area (Å²) in [6.07, 6.45) is 3.27. The molecule has 1 aliphatic rings. The number of rotatable bonds is 3. The van der Waals surface area contributed by atoms with E-state index in [9.17, 15) is 4.79 Å². The maximum absolute atomic E-state index is 12.1. The van der Waals surface area contributed by atoms with Crippen LogP contribution >= 0.6 is 0 Å². The first kappa shape index (κ1) is 13.1. The first-order valence-electron chi connectivity index (χ1n) is 6.77. The van der Waals surface area contributed by atoms with Gasteiger partial charge in [0.2, 0.25) is 5.91 Å². The maximum atomic E-state index is 12.1. The zero-order valence-corrected chi connectivity index (χ0v) is 11.2. The molecule has 1 unspecified atom stereocenters. The first-order chi connectivity index (χ1) is 8.66. The van der Waals surface area contributed by atoms with Gasteiger partial charge in [-0.3, -0.25) is 4.79 Å². The molecular weight excluding hydrogens is 224 g/mol. The van der Waals surface area contributed by atoms with Crippen molar-refractivity contribution in [3.63, 3.8) is 0 Å². The van der Waals surface area contributed by atoms with Crippen molar-refractivity contribution < 1.29 is 4.79 Å². The summed E-state index contributed by atoms with van der Waals surface area (Å²) >= 11 is 0. The number of carbonyl (C=O) groups excluding carboxylic acids is 1. The molecule has 1 amide bonds. The summed E-state index contributed by atoms with van der Waals surface area (Å²) in [5.74, 6) is 0.128. The van der Waals surface area contributed by atoms with Gasteiger partial charge in [-0.05, 0) is 38.8 Å². The lowest BCUT2D eigenvalue weighted by molar-refractivity contribution is -0.124. The molecule has 0 radical (unpaired) electrons. The number of hydrogen-bond acceptors (Lipinski definition) is 2. The first-order valence-corrected chi connectivity index (χ1v) is 6.77. The SMILES string of the molecule is Cc1ccc(C(C)NC(=O)[C@@H]2CCCCN2)cc1. The van der Waals surface area contributed by atoms with E-state index in [0.717, 1.165) is 24.9 Å². The average molecular weight is 246 g/mol. The highest BCUT2D eigenvalue weighted by atomic mass is 16.2. The minimum absolute atomic E-state index is 0.00773. The Morgan fingerprint density at radius 1 is 1.33 bits per heavy atom. The highest BCUT2D eigenvalue weighted by molar-refractivity contribution is 5.82. The van der Waals surface area contributed by atoms with E-state index in [0.29, 0.717) is 0 Å². The van der Waals surface area contributed by atoms with Gasteiger partial charge in [-0.2, -0.15) is 0 Å². The molecule has 1 aromatic rings. The molecule has 1 heterocycles. The van der Waals surface area contributed by atoms with Crippen molar-refractivity contribution in [3.05, 3.63) is 35.4 Å².